The first-order valence-electron chi connectivity index (χ1n) is 10.7. The normalized spacial score (nSPS) is 21.9. The number of nitrogens with zero attached hydrogens (tertiary/aromatic N) is 2. The molecule has 0 bridgehead atoms. The van der Waals surface area contributed by atoms with Gasteiger partial charge in [0.25, 0.3) is 0 Å². The Morgan fingerprint density at radius 3 is 2.47 bits per heavy atom. The van der Waals surface area contributed by atoms with Crippen LogP contribution >= 0.6 is 0 Å². The minimum atomic E-state index is -0.710. The number of aliphatic hydroxyl groups excluding tert-OH is 1. The highest BCUT2D eigenvalue weighted by atomic mass is 16.3. The van der Waals surface area contributed by atoms with Crippen LogP contribution in [0.25, 0.3) is 6.08 Å². The van der Waals surface area contributed by atoms with Crippen LogP contribution in [-0.2, 0) is 22.6 Å². The number of carbonyl (C=O) groups excluding carboxylic acids is 2. The molecule has 0 saturated carbocycles. The molecule has 0 aromatic heterocycles. The summed E-state index contributed by atoms with van der Waals surface area (Å²) in [5.41, 5.74) is 3.42. The number of hydrogen-bond donors (Lipinski definition) is 1. The van der Waals surface area contributed by atoms with E-state index in [1.807, 2.05) is 47.4 Å². The molecule has 2 aromatic carbocycles. The van der Waals surface area contributed by atoms with Crippen molar-refractivity contribution in [3.8, 4) is 0 Å². The van der Waals surface area contributed by atoms with Crippen molar-refractivity contribution < 1.29 is 14.7 Å². The van der Waals surface area contributed by atoms with Gasteiger partial charge in [0, 0.05) is 32.3 Å². The molecule has 1 saturated heterocycles. The van der Waals surface area contributed by atoms with Crippen molar-refractivity contribution in [2.45, 2.75) is 31.9 Å². The highest BCUT2D eigenvalue weighted by Crippen LogP contribution is 2.24. The molecule has 4 rings (SSSR count). The van der Waals surface area contributed by atoms with Crippen LogP contribution in [0.1, 0.15) is 29.5 Å². The number of benzene rings is 2. The summed E-state index contributed by atoms with van der Waals surface area (Å²) in [6.45, 7) is 1.97. The average molecular weight is 405 g/mol. The van der Waals surface area contributed by atoms with E-state index < -0.39 is 12.0 Å². The molecule has 2 aliphatic heterocycles. The molecular formula is C25H28N2O3. The number of amides is 2. The Balaban J connectivity index is 1.43. The SMILES string of the molecule is O=C(/C=C/c1ccccc1)N1CC[C@@H](O)[C@@H](C(=O)N2CCCc3ccccc3C2)C1. The van der Waals surface area contributed by atoms with Crippen molar-refractivity contribution in [2.24, 2.45) is 5.92 Å². The van der Waals surface area contributed by atoms with Crippen LogP contribution in [0, 0.1) is 5.92 Å². The number of carbonyl (C=O) groups is 2. The lowest BCUT2D eigenvalue weighted by Crippen LogP contribution is -2.52. The molecule has 0 spiro atoms. The number of hydrogen-bond acceptors (Lipinski definition) is 3. The molecule has 5 heteroatoms. The first-order valence-corrected chi connectivity index (χ1v) is 10.7. The number of likely N-dealkylation sites (tertiary alicyclic amines) is 1. The molecule has 2 atom stereocenters. The Kier molecular flexibility index (Phi) is 6.29. The summed E-state index contributed by atoms with van der Waals surface area (Å²) in [6, 6.07) is 17.9. The van der Waals surface area contributed by atoms with Gasteiger partial charge in [0.1, 0.15) is 0 Å². The monoisotopic (exact) mass is 404 g/mol. The second-order valence-corrected chi connectivity index (χ2v) is 8.12. The first-order chi connectivity index (χ1) is 14.6. The Hall–Kier alpha value is -2.92. The zero-order valence-electron chi connectivity index (χ0n) is 17.1. The number of rotatable bonds is 3. The van der Waals surface area contributed by atoms with Gasteiger partial charge in [-0.15, -0.1) is 0 Å². The molecule has 0 aliphatic carbocycles. The van der Waals surface area contributed by atoms with Gasteiger partial charge in [-0.25, -0.2) is 0 Å². The number of piperidine rings is 1. The number of aryl methyl sites for hydroxylation is 1. The van der Waals surface area contributed by atoms with Crippen LogP contribution in [0.3, 0.4) is 0 Å². The van der Waals surface area contributed by atoms with Gasteiger partial charge in [-0.1, -0.05) is 54.6 Å². The number of fused-ring (bicyclic) bond motifs is 1. The van der Waals surface area contributed by atoms with Crippen LogP contribution in [0.15, 0.2) is 60.7 Å². The maximum absolute atomic E-state index is 13.3. The summed E-state index contributed by atoms with van der Waals surface area (Å²) < 4.78 is 0. The van der Waals surface area contributed by atoms with Crippen LogP contribution in [-0.4, -0.2) is 52.5 Å². The third-order valence-corrected chi connectivity index (χ3v) is 6.09. The third-order valence-electron chi connectivity index (χ3n) is 6.09. The van der Waals surface area contributed by atoms with E-state index in [1.165, 1.54) is 11.1 Å². The van der Waals surface area contributed by atoms with E-state index in [1.54, 1.807) is 17.1 Å². The Bertz CT molecular complexity index is 925. The van der Waals surface area contributed by atoms with Crippen molar-refractivity contribution in [3.05, 3.63) is 77.4 Å². The second kappa shape index (κ2) is 9.26. The fourth-order valence-electron chi connectivity index (χ4n) is 4.34. The van der Waals surface area contributed by atoms with E-state index in [2.05, 4.69) is 12.1 Å². The zero-order valence-corrected chi connectivity index (χ0v) is 17.1. The molecule has 1 N–H and O–H groups in total. The highest BCUT2D eigenvalue weighted by Gasteiger charge is 2.37. The van der Waals surface area contributed by atoms with Crippen LogP contribution in [0.2, 0.25) is 0 Å². The summed E-state index contributed by atoms with van der Waals surface area (Å²) in [5, 5.41) is 10.5. The lowest BCUT2D eigenvalue weighted by Gasteiger charge is -2.37. The molecule has 2 aromatic rings. The summed E-state index contributed by atoms with van der Waals surface area (Å²) >= 11 is 0. The minimum Gasteiger partial charge on any atom is -0.392 e. The molecule has 2 amide bonds. The lowest BCUT2D eigenvalue weighted by molar-refractivity contribution is -0.145. The largest absolute Gasteiger partial charge is 0.392 e. The van der Waals surface area contributed by atoms with Gasteiger partial charge < -0.3 is 14.9 Å². The standard InChI is InChI=1S/C25H28N2O3/c28-23-14-16-26(24(29)13-12-19-7-2-1-3-8-19)18-22(23)25(30)27-15-6-11-20-9-4-5-10-21(20)17-27/h1-5,7-10,12-13,22-23,28H,6,11,14-18H2/b13-12+/t22-,23+/m0/s1. The third kappa shape index (κ3) is 4.62. The van der Waals surface area contributed by atoms with Crippen molar-refractivity contribution in [1.82, 2.24) is 9.80 Å². The number of aliphatic hydroxyl groups is 1. The molecular weight excluding hydrogens is 376 g/mol. The summed E-state index contributed by atoms with van der Waals surface area (Å²) in [5.74, 6) is -0.744. The molecule has 5 nitrogen and oxygen atoms in total. The fraction of sp³-hybridized carbons (Fsp3) is 0.360. The first kappa shape index (κ1) is 20.4. The van der Waals surface area contributed by atoms with E-state index >= 15 is 0 Å². The van der Waals surface area contributed by atoms with Gasteiger partial charge in [0.2, 0.25) is 11.8 Å². The predicted octanol–water partition coefficient (Wildman–Crippen LogP) is 2.88. The summed E-state index contributed by atoms with van der Waals surface area (Å²) in [6.07, 6.45) is 4.92. The molecule has 30 heavy (non-hydrogen) atoms. The topological polar surface area (TPSA) is 60.9 Å². The molecule has 1 fully saturated rings. The summed E-state index contributed by atoms with van der Waals surface area (Å²) in [4.78, 5) is 29.5. The zero-order chi connectivity index (χ0) is 20.9. The molecule has 0 unspecified atom stereocenters. The van der Waals surface area contributed by atoms with Gasteiger partial charge >= 0.3 is 0 Å². The van der Waals surface area contributed by atoms with Gasteiger partial charge in [0.05, 0.1) is 12.0 Å². The molecule has 2 aliphatic rings. The Morgan fingerprint density at radius 1 is 0.933 bits per heavy atom. The van der Waals surface area contributed by atoms with Crippen LogP contribution in [0.5, 0.6) is 0 Å². The highest BCUT2D eigenvalue weighted by molar-refractivity contribution is 5.92. The Morgan fingerprint density at radius 2 is 1.67 bits per heavy atom. The fourth-order valence-corrected chi connectivity index (χ4v) is 4.34. The predicted molar refractivity (Wildman–Crippen MR) is 116 cm³/mol. The van der Waals surface area contributed by atoms with E-state index in [9.17, 15) is 14.7 Å². The lowest BCUT2D eigenvalue weighted by atomic mass is 9.93. The maximum atomic E-state index is 13.3. The Labute approximate surface area is 177 Å². The maximum Gasteiger partial charge on any atom is 0.246 e. The van der Waals surface area contributed by atoms with Gasteiger partial charge in [-0.3, -0.25) is 9.59 Å². The quantitative estimate of drug-likeness (QED) is 0.801. The molecule has 0 radical (unpaired) electrons. The van der Waals surface area contributed by atoms with E-state index in [0.29, 0.717) is 26.1 Å². The van der Waals surface area contributed by atoms with Gasteiger partial charge in [0.15, 0.2) is 0 Å². The molecule has 2 heterocycles. The smallest absolute Gasteiger partial charge is 0.246 e. The van der Waals surface area contributed by atoms with Crippen molar-refractivity contribution in [1.29, 1.82) is 0 Å². The minimum absolute atomic E-state index is 0.0521. The van der Waals surface area contributed by atoms with Crippen LogP contribution < -0.4 is 0 Å². The van der Waals surface area contributed by atoms with E-state index in [4.69, 9.17) is 0 Å². The van der Waals surface area contributed by atoms with Gasteiger partial charge in [-0.2, -0.15) is 0 Å². The molecule has 156 valence electrons. The van der Waals surface area contributed by atoms with Gasteiger partial charge in [-0.05, 0) is 42.0 Å². The van der Waals surface area contributed by atoms with E-state index in [-0.39, 0.29) is 18.4 Å². The second-order valence-electron chi connectivity index (χ2n) is 8.12. The van der Waals surface area contributed by atoms with Crippen molar-refractivity contribution >= 4 is 17.9 Å². The van der Waals surface area contributed by atoms with Crippen molar-refractivity contribution in [2.75, 3.05) is 19.6 Å². The van der Waals surface area contributed by atoms with Crippen molar-refractivity contribution in [3.63, 3.8) is 0 Å². The summed E-state index contributed by atoms with van der Waals surface area (Å²) in [7, 11) is 0. The van der Waals surface area contributed by atoms with Crippen LogP contribution in [0.4, 0.5) is 0 Å². The van der Waals surface area contributed by atoms with E-state index in [0.717, 1.165) is 18.4 Å². The average Bonchev–Trinajstić information content (AvgIpc) is 3.00.